The summed E-state index contributed by atoms with van der Waals surface area (Å²) in [5.41, 5.74) is 5.08. The van der Waals surface area contributed by atoms with Crippen LogP contribution in [-0.4, -0.2) is 76.0 Å². The van der Waals surface area contributed by atoms with Crippen LogP contribution in [0.1, 0.15) is 80.7 Å². The fourth-order valence-corrected chi connectivity index (χ4v) is 9.42. The third-order valence-electron chi connectivity index (χ3n) is 10.1. The second-order valence-corrected chi connectivity index (χ2v) is 17.7. The number of rotatable bonds is 10. The molecule has 2 N–H and O–H groups in total. The molecule has 0 radical (unpaired) electrons. The minimum atomic E-state index is -4.39. The number of carbonyl (C=O) groups excluding carboxylic acids is 1. The number of carbonyl (C=O) groups is 1. The lowest BCUT2D eigenvalue weighted by Crippen LogP contribution is -2.50. The summed E-state index contributed by atoms with van der Waals surface area (Å²) < 4.78 is 101. The van der Waals surface area contributed by atoms with Gasteiger partial charge in [-0.2, -0.15) is 16.8 Å². The highest BCUT2D eigenvalue weighted by molar-refractivity contribution is 7.86. The molecule has 1 atom stereocenters. The van der Waals surface area contributed by atoms with Gasteiger partial charge in [0.05, 0.1) is 23.4 Å². The lowest BCUT2D eigenvalue weighted by molar-refractivity contribution is -0.128. The molecule has 6 rings (SSSR count). The van der Waals surface area contributed by atoms with Gasteiger partial charge >= 0.3 is 10.6 Å². The van der Waals surface area contributed by atoms with E-state index in [0.717, 1.165) is 63.7 Å². The summed E-state index contributed by atoms with van der Waals surface area (Å²) >= 11 is 0. The van der Waals surface area contributed by atoms with E-state index in [2.05, 4.69) is 55.4 Å². The zero-order valence-electron chi connectivity index (χ0n) is 29.3. The number of benzene rings is 3. The lowest BCUT2D eigenvalue weighted by Gasteiger charge is -2.49. The number of nitrogens with zero attached hydrogens (tertiary/aromatic N) is 3. The zero-order valence-corrected chi connectivity index (χ0v) is 31.7. The molecule has 3 aliphatic heterocycles. The van der Waals surface area contributed by atoms with Gasteiger partial charge in [0, 0.05) is 52.7 Å². The van der Waals surface area contributed by atoms with E-state index in [4.69, 9.17) is 22.4 Å². The van der Waals surface area contributed by atoms with E-state index in [1.54, 1.807) is 18.2 Å². The van der Waals surface area contributed by atoms with Gasteiger partial charge in [-0.25, -0.2) is 9.57 Å². The molecule has 0 fully saturated rings. The number of hydrogen-bond donors (Lipinski definition) is 2. The first-order valence-electron chi connectivity index (χ1n) is 16.7. The molecule has 0 aromatic heterocycles. The predicted molar refractivity (Wildman–Crippen MR) is 191 cm³/mol. The van der Waals surface area contributed by atoms with Gasteiger partial charge in [-0.15, -0.1) is 12.6 Å². The Hall–Kier alpha value is -4.03. The van der Waals surface area contributed by atoms with Crippen molar-refractivity contribution in [2.75, 3.05) is 30.3 Å². The Kier molecular flexibility index (Phi) is 11.1. The SMILES string of the molecule is CC1(C)c2cc3c(cc2N=c2cc4c(cc21)=[N+](Cc1ccccc1S(=O)(=O)O)CCC4)C(CS(=O)(=O)O)CC(C)(C)N3CCCOC=O.O=S(=O)=O. The fraction of sp³-hybridized carbons (Fsp3) is 0.457. The van der Waals surface area contributed by atoms with Crippen LogP contribution in [0, 0.1) is 0 Å². The van der Waals surface area contributed by atoms with Gasteiger partial charge in [-0.1, -0.05) is 32.0 Å². The summed E-state index contributed by atoms with van der Waals surface area (Å²) in [5.74, 6) is -0.839. The molecule has 0 aliphatic carbocycles. The summed E-state index contributed by atoms with van der Waals surface area (Å²) in [7, 11) is -11.8. The van der Waals surface area contributed by atoms with Gasteiger partial charge in [0.15, 0.2) is 6.54 Å². The standard InChI is InChI=1S/C35H41N3O8S2.O3S/c1-34(2)19-25(21-47(40,41)42)26-16-30-28(18-32(26)38(34)13-8-14-46-22-39)35(3,4)27-17-31-23(15-29(27)36-30)10-7-12-37(31)20-24-9-5-6-11-33(24)48(43,44)45;1-4(2)3/h5-6,9,11,15-18,22,25H,7-8,10,12-14,19-21H2,1-4H3,(H-,40,41,42,43,44,45);/p+1. The molecule has 0 saturated heterocycles. The number of ether oxygens (including phenoxy) is 1. The van der Waals surface area contributed by atoms with Crippen LogP contribution in [0.15, 0.2) is 58.4 Å². The Bertz CT molecular complexity index is 2370. The van der Waals surface area contributed by atoms with Crippen LogP contribution in [-0.2, 0) is 58.8 Å². The van der Waals surface area contributed by atoms with Crippen molar-refractivity contribution < 1.29 is 48.1 Å². The molecule has 3 heterocycles. The highest BCUT2D eigenvalue weighted by Gasteiger charge is 2.42. The van der Waals surface area contributed by atoms with E-state index in [1.807, 2.05) is 6.07 Å². The van der Waals surface area contributed by atoms with Crippen LogP contribution in [0.3, 0.4) is 0 Å². The Balaban J connectivity index is 0.00000124. The second-order valence-electron chi connectivity index (χ2n) is 14.4. The van der Waals surface area contributed by atoms with Crippen molar-refractivity contribution in [2.24, 2.45) is 4.99 Å². The first kappa shape index (κ1) is 39.2. The van der Waals surface area contributed by atoms with Crippen LogP contribution >= 0.6 is 0 Å². The van der Waals surface area contributed by atoms with E-state index in [1.165, 1.54) is 6.07 Å². The van der Waals surface area contributed by atoms with Crippen molar-refractivity contribution in [3.05, 3.63) is 87.1 Å². The van der Waals surface area contributed by atoms with Crippen LogP contribution in [0.5, 0.6) is 0 Å². The molecule has 3 aromatic carbocycles. The third-order valence-corrected chi connectivity index (χ3v) is 11.9. The minimum Gasteiger partial charge on any atom is -0.468 e. The smallest absolute Gasteiger partial charge is 0.425 e. The molecule has 52 heavy (non-hydrogen) atoms. The summed E-state index contributed by atoms with van der Waals surface area (Å²) in [6.45, 7) is 10.7. The molecule has 3 aliphatic rings. The largest absolute Gasteiger partial charge is 0.468 e. The van der Waals surface area contributed by atoms with Gasteiger partial charge in [0.1, 0.15) is 11.4 Å². The summed E-state index contributed by atoms with van der Waals surface area (Å²) in [6, 6.07) is 14.9. The predicted octanol–water partition coefficient (Wildman–Crippen LogP) is 2.68. The molecule has 280 valence electrons. The Labute approximate surface area is 304 Å². The molecule has 14 nitrogen and oxygen atoms in total. The number of anilines is 1. The zero-order chi connectivity index (χ0) is 38.2. The summed E-state index contributed by atoms with van der Waals surface area (Å²) in [6.07, 6.45) is 2.78. The van der Waals surface area contributed by atoms with Crippen molar-refractivity contribution in [3.8, 4) is 0 Å². The highest BCUT2D eigenvalue weighted by atomic mass is 32.2. The maximum absolute atomic E-state index is 12.2. The maximum Gasteiger partial charge on any atom is 0.425 e. The van der Waals surface area contributed by atoms with E-state index < -0.39 is 53.5 Å². The molecule has 0 bridgehead atoms. The fourth-order valence-electron chi connectivity index (χ4n) is 7.90. The van der Waals surface area contributed by atoms with Crippen molar-refractivity contribution in [3.63, 3.8) is 0 Å². The van der Waals surface area contributed by atoms with E-state index in [-0.39, 0.29) is 11.5 Å². The molecular formula is C35H42N3O11S3+. The van der Waals surface area contributed by atoms with Crippen LogP contribution < -0.4 is 20.2 Å². The molecule has 0 amide bonds. The first-order valence-corrected chi connectivity index (χ1v) is 20.7. The normalized spacial score (nSPS) is 18.3. The summed E-state index contributed by atoms with van der Waals surface area (Å²) in [4.78, 5) is 18.1. The van der Waals surface area contributed by atoms with Crippen LogP contribution in [0.4, 0.5) is 11.4 Å². The minimum absolute atomic E-state index is 0.0957. The second kappa shape index (κ2) is 14.8. The number of hydrogen-bond acceptors (Lipinski definition) is 11. The Morgan fingerprint density at radius 2 is 1.71 bits per heavy atom. The molecule has 0 saturated carbocycles. The monoisotopic (exact) mass is 776 g/mol. The molecular weight excluding hydrogens is 735 g/mol. The third kappa shape index (κ3) is 8.44. The quantitative estimate of drug-likeness (QED) is 0.132. The van der Waals surface area contributed by atoms with Gasteiger partial charge in [-0.3, -0.25) is 13.9 Å². The van der Waals surface area contributed by atoms with E-state index >= 15 is 0 Å². The Morgan fingerprint density at radius 3 is 2.37 bits per heavy atom. The maximum atomic E-state index is 12.2. The average molecular weight is 777 g/mol. The Morgan fingerprint density at radius 1 is 1.02 bits per heavy atom. The number of fused-ring (bicyclic) bond motifs is 4. The van der Waals surface area contributed by atoms with Crippen molar-refractivity contribution in [2.45, 2.75) is 81.7 Å². The topological polar surface area (TPSA) is 205 Å². The van der Waals surface area contributed by atoms with Crippen LogP contribution in [0.25, 0.3) is 0 Å². The van der Waals surface area contributed by atoms with E-state index in [0.29, 0.717) is 38.0 Å². The van der Waals surface area contributed by atoms with Gasteiger partial charge in [0.2, 0.25) is 5.36 Å². The molecule has 3 aromatic rings. The molecule has 17 heteroatoms. The lowest BCUT2D eigenvalue weighted by atomic mass is 9.72. The van der Waals surface area contributed by atoms with Crippen molar-refractivity contribution in [1.29, 1.82) is 0 Å². The molecule has 0 spiro atoms. The van der Waals surface area contributed by atoms with E-state index in [9.17, 15) is 30.7 Å². The van der Waals surface area contributed by atoms with Crippen molar-refractivity contribution in [1.82, 2.24) is 4.58 Å². The van der Waals surface area contributed by atoms with Crippen LogP contribution in [0.2, 0.25) is 0 Å². The highest BCUT2D eigenvalue weighted by Crippen LogP contribution is 2.49. The van der Waals surface area contributed by atoms with Crippen molar-refractivity contribution >= 4 is 48.7 Å². The van der Waals surface area contributed by atoms with Gasteiger partial charge < -0.3 is 9.64 Å². The molecule has 1 unspecified atom stereocenters. The number of aryl methyl sites for hydroxylation is 1. The van der Waals surface area contributed by atoms with Gasteiger partial charge in [0.25, 0.3) is 26.7 Å². The first-order chi connectivity index (χ1) is 24.2. The summed E-state index contributed by atoms with van der Waals surface area (Å²) in [5, 5.41) is 1.83. The average Bonchev–Trinajstić information content (AvgIpc) is 3.02. The van der Waals surface area contributed by atoms with Gasteiger partial charge in [-0.05, 0) is 74.1 Å².